The summed E-state index contributed by atoms with van der Waals surface area (Å²) in [6.07, 6.45) is 3.76. The normalized spacial score (nSPS) is 15.6. The van der Waals surface area contributed by atoms with Crippen LogP contribution in [-0.4, -0.2) is 51.7 Å². The molecular formula is C21H30N4O3. The Labute approximate surface area is 166 Å². The summed E-state index contributed by atoms with van der Waals surface area (Å²) in [6, 6.07) is 8.04. The maximum atomic E-state index is 12.4. The van der Waals surface area contributed by atoms with E-state index in [0.29, 0.717) is 32.5 Å². The molecule has 1 saturated heterocycles. The van der Waals surface area contributed by atoms with Crippen molar-refractivity contribution in [3.8, 4) is 0 Å². The van der Waals surface area contributed by atoms with Gasteiger partial charge in [0.15, 0.2) is 0 Å². The van der Waals surface area contributed by atoms with E-state index >= 15 is 0 Å². The highest BCUT2D eigenvalue weighted by Gasteiger charge is 2.29. The van der Waals surface area contributed by atoms with Crippen LogP contribution >= 0.6 is 0 Å². The first-order valence-corrected chi connectivity index (χ1v) is 9.99. The van der Waals surface area contributed by atoms with Crippen LogP contribution in [0.1, 0.15) is 40.0 Å². The summed E-state index contributed by atoms with van der Waals surface area (Å²) in [6.45, 7) is 8.16. The first-order chi connectivity index (χ1) is 13.3. The fraction of sp³-hybridized carbons (Fsp3) is 0.571. The Morgan fingerprint density at radius 2 is 1.93 bits per heavy atom. The Kier molecular flexibility index (Phi) is 6.21. The molecule has 1 N–H and O–H groups in total. The van der Waals surface area contributed by atoms with E-state index in [1.165, 1.54) is 0 Å². The van der Waals surface area contributed by atoms with Crippen LogP contribution in [-0.2, 0) is 16.1 Å². The van der Waals surface area contributed by atoms with Crippen LogP contribution in [0.25, 0.3) is 11.0 Å². The lowest BCUT2D eigenvalue weighted by Gasteiger charge is -2.32. The van der Waals surface area contributed by atoms with Gasteiger partial charge in [-0.3, -0.25) is 4.79 Å². The van der Waals surface area contributed by atoms with Crippen molar-refractivity contribution in [1.29, 1.82) is 0 Å². The SMILES string of the molecule is CC(C)(C)OC(=O)N1CCC(C(=O)NCCCn2cnc3ccccc32)CC1. The second kappa shape index (κ2) is 8.63. The average Bonchev–Trinajstić information content (AvgIpc) is 3.07. The summed E-state index contributed by atoms with van der Waals surface area (Å²) < 4.78 is 7.51. The molecule has 0 radical (unpaired) electrons. The van der Waals surface area contributed by atoms with E-state index in [1.54, 1.807) is 4.90 Å². The van der Waals surface area contributed by atoms with Gasteiger partial charge in [-0.25, -0.2) is 9.78 Å². The molecule has 7 nitrogen and oxygen atoms in total. The Balaban J connectivity index is 1.37. The molecule has 1 fully saturated rings. The van der Waals surface area contributed by atoms with Crippen molar-refractivity contribution in [2.75, 3.05) is 19.6 Å². The molecule has 1 aromatic carbocycles. The highest BCUT2D eigenvalue weighted by Crippen LogP contribution is 2.20. The molecule has 2 aromatic rings. The molecule has 7 heteroatoms. The maximum Gasteiger partial charge on any atom is 0.410 e. The van der Waals surface area contributed by atoms with Gasteiger partial charge in [0.2, 0.25) is 5.91 Å². The van der Waals surface area contributed by atoms with Crippen molar-refractivity contribution in [1.82, 2.24) is 19.8 Å². The minimum absolute atomic E-state index is 0.0345. The van der Waals surface area contributed by atoms with E-state index in [1.807, 2.05) is 45.3 Å². The third-order valence-electron chi connectivity index (χ3n) is 4.92. The van der Waals surface area contributed by atoms with Crippen LogP contribution in [0.5, 0.6) is 0 Å². The predicted molar refractivity (Wildman–Crippen MR) is 108 cm³/mol. The molecule has 0 aliphatic carbocycles. The van der Waals surface area contributed by atoms with Crippen molar-refractivity contribution in [2.45, 2.75) is 52.2 Å². The molecule has 28 heavy (non-hydrogen) atoms. The van der Waals surface area contributed by atoms with Gasteiger partial charge in [0, 0.05) is 32.1 Å². The number of fused-ring (bicyclic) bond motifs is 1. The summed E-state index contributed by atoms with van der Waals surface area (Å²) in [4.78, 5) is 30.6. The number of hydrogen-bond donors (Lipinski definition) is 1. The molecular weight excluding hydrogens is 356 g/mol. The van der Waals surface area contributed by atoms with Crippen LogP contribution in [0.15, 0.2) is 30.6 Å². The van der Waals surface area contributed by atoms with Gasteiger partial charge in [0.25, 0.3) is 0 Å². The summed E-state index contributed by atoms with van der Waals surface area (Å²) in [5.41, 5.74) is 1.61. The van der Waals surface area contributed by atoms with Crippen molar-refractivity contribution < 1.29 is 14.3 Å². The number of carbonyl (C=O) groups excluding carboxylic acids is 2. The number of rotatable bonds is 5. The van der Waals surface area contributed by atoms with E-state index in [4.69, 9.17) is 4.74 Å². The zero-order valence-corrected chi connectivity index (χ0v) is 17.0. The van der Waals surface area contributed by atoms with E-state index < -0.39 is 5.60 Å². The van der Waals surface area contributed by atoms with Gasteiger partial charge in [-0.2, -0.15) is 0 Å². The number of imidazole rings is 1. The molecule has 0 spiro atoms. The monoisotopic (exact) mass is 386 g/mol. The molecule has 3 rings (SSSR count). The highest BCUT2D eigenvalue weighted by molar-refractivity contribution is 5.79. The molecule has 2 amide bonds. The molecule has 1 aromatic heterocycles. The maximum absolute atomic E-state index is 12.4. The first kappa shape index (κ1) is 20.2. The lowest BCUT2D eigenvalue weighted by atomic mass is 9.96. The minimum Gasteiger partial charge on any atom is -0.444 e. The smallest absolute Gasteiger partial charge is 0.410 e. The molecule has 1 aliphatic heterocycles. The summed E-state index contributed by atoms with van der Waals surface area (Å²) in [5, 5.41) is 3.04. The zero-order chi connectivity index (χ0) is 20.1. The van der Waals surface area contributed by atoms with Crippen LogP contribution in [0.3, 0.4) is 0 Å². The number of benzene rings is 1. The predicted octanol–water partition coefficient (Wildman–Crippen LogP) is 3.19. The minimum atomic E-state index is -0.494. The number of nitrogens with one attached hydrogen (secondary N) is 1. The summed E-state index contributed by atoms with van der Waals surface area (Å²) in [5.74, 6) is 0.0482. The number of likely N-dealkylation sites (tertiary alicyclic amines) is 1. The Hall–Kier alpha value is -2.57. The number of amides is 2. The average molecular weight is 386 g/mol. The largest absolute Gasteiger partial charge is 0.444 e. The van der Waals surface area contributed by atoms with Crippen molar-refractivity contribution in [2.24, 2.45) is 5.92 Å². The number of nitrogens with zero attached hydrogens (tertiary/aromatic N) is 3. The van der Waals surface area contributed by atoms with Gasteiger partial charge in [0.1, 0.15) is 5.60 Å². The third kappa shape index (κ3) is 5.24. The molecule has 152 valence electrons. The molecule has 0 atom stereocenters. The Morgan fingerprint density at radius 1 is 1.21 bits per heavy atom. The Bertz CT molecular complexity index is 816. The topological polar surface area (TPSA) is 76.5 Å². The first-order valence-electron chi connectivity index (χ1n) is 9.99. The lowest BCUT2D eigenvalue weighted by Crippen LogP contribution is -2.45. The number of piperidine rings is 1. The van der Waals surface area contributed by atoms with Crippen LogP contribution in [0.4, 0.5) is 4.79 Å². The van der Waals surface area contributed by atoms with Gasteiger partial charge in [-0.05, 0) is 52.2 Å². The van der Waals surface area contributed by atoms with Gasteiger partial charge in [-0.15, -0.1) is 0 Å². The number of hydrogen-bond acceptors (Lipinski definition) is 4. The van der Waals surface area contributed by atoms with Gasteiger partial charge < -0.3 is 19.5 Å². The van der Waals surface area contributed by atoms with Crippen LogP contribution in [0, 0.1) is 5.92 Å². The number of para-hydroxylation sites is 2. The van der Waals surface area contributed by atoms with Gasteiger partial charge >= 0.3 is 6.09 Å². The van der Waals surface area contributed by atoms with E-state index in [9.17, 15) is 9.59 Å². The molecule has 0 bridgehead atoms. The summed E-state index contributed by atoms with van der Waals surface area (Å²) >= 11 is 0. The second-order valence-electron chi connectivity index (χ2n) is 8.31. The van der Waals surface area contributed by atoms with Gasteiger partial charge in [-0.1, -0.05) is 12.1 Å². The number of ether oxygens (including phenoxy) is 1. The highest BCUT2D eigenvalue weighted by atomic mass is 16.6. The van der Waals surface area contributed by atoms with E-state index in [-0.39, 0.29) is 17.9 Å². The number of aryl methyl sites for hydroxylation is 1. The van der Waals surface area contributed by atoms with Crippen LogP contribution < -0.4 is 5.32 Å². The fourth-order valence-electron chi connectivity index (χ4n) is 3.44. The molecule has 2 heterocycles. The standard InChI is InChI=1S/C21H30N4O3/c1-21(2,3)28-20(27)24-13-9-16(10-14-24)19(26)22-11-6-12-25-15-23-17-7-4-5-8-18(17)25/h4-5,7-8,15-16H,6,9-14H2,1-3H3,(H,22,26). The van der Waals surface area contributed by atoms with Crippen molar-refractivity contribution in [3.63, 3.8) is 0 Å². The van der Waals surface area contributed by atoms with Crippen molar-refractivity contribution >= 4 is 23.0 Å². The Morgan fingerprint density at radius 3 is 2.64 bits per heavy atom. The third-order valence-corrected chi connectivity index (χ3v) is 4.92. The fourth-order valence-corrected chi connectivity index (χ4v) is 3.44. The van der Waals surface area contributed by atoms with Crippen LogP contribution in [0.2, 0.25) is 0 Å². The second-order valence-corrected chi connectivity index (χ2v) is 8.31. The van der Waals surface area contributed by atoms with E-state index in [0.717, 1.165) is 24.0 Å². The zero-order valence-electron chi connectivity index (χ0n) is 17.0. The number of aromatic nitrogens is 2. The number of carbonyl (C=O) groups is 2. The quantitative estimate of drug-likeness (QED) is 0.801. The van der Waals surface area contributed by atoms with E-state index in [2.05, 4.69) is 20.9 Å². The lowest BCUT2D eigenvalue weighted by molar-refractivity contribution is -0.126. The summed E-state index contributed by atoms with van der Waals surface area (Å²) in [7, 11) is 0. The molecule has 0 saturated carbocycles. The molecule has 1 aliphatic rings. The van der Waals surface area contributed by atoms with Gasteiger partial charge in [0.05, 0.1) is 17.4 Å². The molecule has 0 unspecified atom stereocenters. The van der Waals surface area contributed by atoms with Crippen molar-refractivity contribution in [3.05, 3.63) is 30.6 Å².